The second-order valence-electron chi connectivity index (χ2n) is 5.18. The summed E-state index contributed by atoms with van der Waals surface area (Å²) < 4.78 is 5.54. The summed E-state index contributed by atoms with van der Waals surface area (Å²) in [6.45, 7) is 0.0827. The van der Waals surface area contributed by atoms with Crippen LogP contribution < -0.4 is 4.74 Å². The molecule has 0 saturated heterocycles. The molecule has 110 valence electrons. The van der Waals surface area contributed by atoms with Crippen LogP contribution >= 0.6 is 23.2 Å². The number of aliphatic hydroxyl groups is 1. The van der Waals surface area contributed by atoms with Crippen LogP contribution in [-0.2, 0) is 4.79 Å². The summed E-state index contributed by atoms with van der Waals surface area (Å²) in [6.07, 6.45) is 1.72. The molecule has 20 heavy (non-hydrogen) atoms. The number of halogens is 2. The summed E-state index contributed by atoms with van der Waals surface area (Å²) in [5.74, 6) is -0.746. The highest BCUT2D eigenvalue weighted by molar-refractivity contribution is 6.42. The quantitative estimate of drug-likeness (QED) is 0.893. The summed E-state index contributed by atoms with van der Waals surface area (Å²) in [5.41, 5.74) is -1.00. The Labute approximate surface area is 127 Å². The molecule has 0 aliphatic heterocycles. The van der Waals surface area contributed by atoms with E-state index in [4.69, 9.17) is 33.0 Å². The Hall–Kier alpha value is -0.970. The summed E-state index contributed by atoms with van der Waals surface area (Å²) in [4.78, 5) is 10.9. The van der Waals surface area contributed by atoms with Crippen LogP contribution in [0.4, 0.5) is 0 Å². The average Bonchev–Trinajstić information content (AvgIpc) is 2.41. The molecule has 1 aliphatic carbocycles. The molecular formula is C14H16Cl2O4. The van der Waals surface area contributed by atoms with Crippen molar-refractivity contribution in [2.24, 2.45) is 5.92 Å². The normalized spacial score (nSPS) is 26.2. The number of rotatable bonds is 4. The Kier molecular flexibility index (Phi) is 4.78. The predicted octanol–water partition coefficient (Wildman–Crippen LogP) is 3.38. The molecule has 1 aromatic rings. The average molecular weight is 319 g/mol. The first-order valence-corrected chi connectivity index (χ1v) is 7.19. The fraction of sp³-hybridized carbons (Fsp3) is 0.500. The fourth-order valence-electron chi connectivity index (χ4n) is 2.35. The zero-order chi connectivity index (χ0) is 14.8. The van der Waals surface area contributed by atoms with E-state index in [1.54, 1.807) is 18.2 Å². The van der Waals surface area contributed by atoms with E-state index in [0.717, 1.165) is 0 Å². The van der Waals surface area contributed by atoms with Crippen molar-refractivity contribution in [3.05, 3.63) is 28.2 Å². The second-order valence-corrected chi connectivity index (χ2v) is 5.96. The van der Waals surface area contributed by atoms with Gasteiger partial charge in [0, 0.05) is 0 Å². The van der Waals surface area contributed by atoms with Crippen LogP contribution in [0.2, 0.25) is 10.0 Å². The number of ether oxygens (including phenoxy) is 1. The Balaban J connectivity index is 1.94. The molecule has 0 atom stereocenters. The first-order valence-electron chi connectivity index (χ1n) is 6.43. The van der Waals surface area contributed by atoms with Crippen LogP contribution in [0.3, 0.4) is 0 Å². The molecule has 4 nitrogen and oxygen atoms in total. The molecule has 0 amide bonds. The number of aliphatic carboxylic acids is 1. The summed E-state index contributed by atoms with van der Waals surface area (Å²) in [6, 6.07) is 5.05. The molecule has 0 bridgehead atoms. The van der Waals surface area contributed by atoms with Gasteiger partial charge in [-0.3, -0.25) is 4.79 Å². The smallest absolute Gasteiger partial charge is 0.306 e. The highest BCUT2D eigenvalue weighted by Gasteiger charge is 2.36. The van der Waals surface area contributed by atoms with Crippen molar-refractivity contribution >= 4 is 29.2 Å². The minimum absolute atomic E-state index is 0.0827. The molecule has 1 aromatic carbocycles. The van der Waals surface area contributed by atoms with Crippen LogP contribution in [0.5, 0.6) is 5.75 Å². The van der Waals surface area contributed by atoms with E-state index in [1.165, 1.54) is 0 Å². The number of carboxylic acid groups (broad SMARTS) is 1. The maximum absolute atomic E-state index is 10.9. The van der Waals surface area contributed by atoms with Gasteiger partial charge in [0.2, 0.25) is 0 Å². The lowest BCUT2D eigenvalue weighted by atomic mass is 9.79. The standard InChI is InChI=1S/C14H16Cl2O4/c15-10-2-1-3-11(12(10)16)20-8-14(19)6-4-9(5-7-14)13(17)18/h1-3,9,19H,4-8H2,(H,17,18). The third kappa shape index (κ3) is 3.57. The number of carboxylic acids is 1. The maximum atomic E-state index is 10.9. The van der Waals surface area contributed by atoms with Crippen molar-refractivity contribution in [3.63, 3.8) is 0 Å². The first-order chi connectivity index (χ1) is 9.41. The van der Waals surface area contributed by atoms with Crippen molar-refractivity contribution in [1.82, 2.24) is 0 Å². The molecule has 0 aromatic heterocycles. The van der Waals surface area contributed by atoms with E-state index in [0.29, 0.717) is 41.5 Å². The van der Waals surface area contributed by atoms with Crippen LogP contribution in [-0.4, -0.2) is 28.4 Å². The Morgan fingerprint density at radius 3 is 2.60 bits per heavy atom. The molecular weight excluding hydrogens is 303 g/mol. The number of hydrogen-bond donors (Lipinski definition) is 2. The molecule has 1 fully saturated rings. The molecule has 0 radical (unpaired) electrons. The molecule has 0 spiro atoms. The van der Waals surface area contributed by atoms with E-state index in [1.807, 2.05) is 0 Å². The zero-order valence-electron chi connectivity index (χ0n) is 10.8. The zero-order valence-corrected chi connectivity index (χ0v) is 12.3. The molecule has 2 rings (SSSR count). The summed E-state index contributed by atoms with van der Waals surface area (Å²) in [7, 11) is 0. The van der Waals surface area contributed by atoms with Gasteiger partial charge < -0.3 is 14.9 Å². The van der Waals surface area contributed by atoms with Crippen molar-refractivity contribution in [2.75, 3.05) is 6.61 Å². The van der Waals surface area contributed by atoms with Crippen molar-refractivity contribution in [1.29, 1.82) is 0 Å². The van der Waals surface area contributed by atoms with Gasteiger partial charge >= 0.3 is 5.97 Å². The largest absolute Gasteiger partial charge is 0.489 e. The monoisotopic (exact) mass is 318 g/mol. The van der Waals surface area contributed by atoms with Crippen molar-refractivity contribution in [2.45, 2.75) is 31.3 Å². The number of hydrogen-bond acceptors (Lipinski definition) is 3. The Morgan fingerprint density at radius 2 is 2.00 bits per heavy atom. The summed E-state index contributed by atoms with van der Waals surface area (Å²) >= 11 is 11.9. The third-order valence-electron chi connectivity index (χ3n) is 3.68. The van der Waals surface area contributed by atoms with Crippen molar-refractivity contribution in [3.8, 4) is 5.75 Å². The Morgan fingerprint density at radius 1 is 1.35 bits per heavy atom. The number of carbonyl (C=O) groups is 1. The lowest BCUT2D eigenvalue weighted by Crippen LogP contribution is -2.41. The van der Waals surface area contributed by atoms with Gasteiger partial charge in [-0.15, -0.1) is 0 Å². The Bertz CT molecular complexity index is 496. The van der Waals surface area contributed by atoms with Gasteiger partial charge in [0.1, 0.15) is 17.4 Å². The molecule has 0 heterocycles. The first kappa shape index (κ1) is 15.4. The van der Waals surface area contributed by atoms with Crippen LogP contribution in [0.25, 0.3) is 0 Å². The lowest BCUT2D eigenvalue weighted by Gasteiger charge is -2.34. The minimum atomic E-state index is -1.00. The van der Waals surface area contributed by atoms with E-state index in [9.17, 15) is 9.90 Å². The van der Waals surface area contributed by atoms with Gasteiger partial charge in [0.15, 0.2) is 0 Å². The van der Waals surface area contributed by atoms with Gasteiger partial charge in [0.05, 0.1) is 16.5 Å². The van der Waals surface area contributed by atoms with Gasteiger partial charge in [-0.05, 0) is 37.8 Å². The van der Waals surface area contributed by atoms with Gasteiger partial charge in [-0.2, -0.15) is 0 Å². The van der Waals surface area contributed by atoms with Crippen LogP contribution in [0.15, 0.2) is 18.2 Å². The molecule has 1 aliphatic rings. The van der Waals surface area contributed by atoms with Gasteiger partial charge in [-0.1, -0.05) is 29.3 Å². The van der Waals surface area contributed by atoms with E-state index in [-0.39, 0.29) is 12.5 Å². The highest BCUT2D eigenvalue weighted by atomic mass is 35.5. The topological polar surface area (TPSA) is 66.8 Å². The van der Waals surface area contributed by atoms with Gasteiger partial charge in [0.25, 0.3) is 0 Å². The highest BCUT2D eigenvalue weighted by Crippen LogP contribution is 2.35. The predicted molar refractivity (Wildman–Crippen MR) is 76.5 cm³/mol. The van der Waals surface area contributed by atoms with Crippen LogP contribution in [0.1, 0.15) is 25.7 Å². The van der Waals surface area contributed by atoms with E-state index < -0.39 is 11.6 Å². The van der Waals surface area contributed by atoms with Crippen molar-refractivity contribution < 1.29 is 19.7 Å². The summed E-state index contributed by atoms with van der Waals surface area (Å²) in [5, 5.41) is 20.0. The van der Waals surface area contributed by atoms with E-state index in [2.05, 4.69) is 0 Å². The van der Waals surface area contributed by atoms with E-state index >= 15 is 0 Å². The maximum Gasteiger partial charge on any atom is 0.306 e. The minimum Gasteiger partial charge on any atom is -0.489 e. The second kappa shape index (κ2) is 6.20. The number of benzene rings is 1. The van der Waals surface area contributed by atoms with Gasteiger partial charge in [-0.25, -0.2) is 0 Å². The lowest BCUT2D eigenvalue weighted by molar-refractivity contribution is -0.145. The van der Waals surface area contributed by atoms with Crippen LogP contribution in [0, 0.1) is 5.92 Å². The fourth-order valence-corrected chi connectivity index (χ4v) is 2.70. The third-order valence-corrected chi connectivity index (χ3v) is 4.48. The molecule has 2 N–H and O–H groups in total. The molecule has 1 saturated carbocycles. The molecule has 0 unspecified atom stereocenters. The SMILES string of the molecule is O=C(O)C1CCC(O)(COc2cccc(Cl)c2Cl)CC1. The molecule has 6 heteroatoms.